The Labute approximate surface area is 134 Å². The van der Waals surface area contributed by atoms with Gasteiger partial charge in [0.25, 0.3) is 0 Å². The maximum absolute atomic E-state index is 6.03. The van der Waals surface area contributed by atoms with E-state index in [1.165, 1.54) is 0 Å². The molecule has 6 N–H and O–H groups in total. The Bertz CT molecular complexity index is 633. The second-order valence-corrected chi connectivity index (χ2v) is 4.93. The monoisotopic (exact) mass is 319 g/mol. The van der Waals surface area contributed by atoms with E-state index in [1.54, 1.807) is 12.1 Å². The number of hydrogen-bond acceptors (Lipinski definition) is 4. The number of halogens is 1. The van der Waals surface area contributed by atoms with Gasteiger partial charge >= 0.3 is 0 Å². The number of rotatable bonds is 6. The summed E-state index contributed by atoms with van der Waals surface area (Å²) in [5, 5.41) is 0.612. The van der Waals surface area contributed by atoms with Crippen molar-refractivity contribution in [2.75, 3.05) is 0 Å². The van der Waals surface area contributed by atoms with Gasteiger partial charge in [0, 0.05) is 10.6 Å². The van der Waals surface area contributed by atoms with Gasteiger partial charge in [0.05, 0.1) is 6.54 Å². The SMILES string of the molecule is NNNC(N)=NCc1cc(Cl)ccc1OCc1ccccc1. The highest BCUT2D eigenvalue weighted by Gasteiger charge is 2.05. The molecule has 0 saturated carbocycles. The van der Waals surface area contributed by atoms with Gasteiger partial charge in [-0.1, -0.05) is 41.9 Å². The van der Waals surface area contributed by atoms with Crippen LogP contribution in [0.2, 0.25) is 5.02 Å². The molecule has 0 saturated heterocycles. The number of hydrazine groups is 2. The summed E-state index contributed by atoms with van der Waals surface area (Å²) in [7, 11) is 0. The summed E-state index contributed by atoms with van der Waals surface area (Å²) in [6, 6.07) is 15.3. The summed E-state index contributed by atoms with van der Waals surface area (Å²) in [5.74, 6) is 5.99. The Morgan fingerprint density at radius 1 is 1.18 bits per heavy atom. The van der Waals surface area contributed by atoms with Gasteiger partial charge in [-0.15, -0.1) is 0 Å². The zero-order chi connectivity index (χ0) is 15.8. The molecule has 0 aliphatic heterocycles. The topological polar surface area (TPSA) is 97.7 Å². The van der Waals surface area contributed by atoms with E-state index in [2.05, 4.69) is 16.0 Å². The lowest BCUT2D eigenvalue weighted by Gasteiger charge is -2.11. The molecule has 0 atom stereocenters. The van der Waals surface area contributed by atoms with Crippen molar-refractivity contribution < 1.29 is 4.74 Å². The largest absolute Gasteiger partial charge is 0.489 e. The number of guanidine groups is 1. The molecule has 0 aromatic heterocycles. The summed E-state index contributed by atoms with van der Waals surface area (Å²) in [5.41, 5.74) is 12.2. The summed E-state index contributed by atoms with van der Waals surface area (Å²) >= 11 is 6.03. The first-order valence-electron chi connectivity index (χ1n) is 6.65. The van der Waals surface area contributed by atoms with Gasteiger partial charge in [0.1, 0.15) is 12.4 Å². The maximum atomic E-state index is 6.03. The average Bonchev–Trinajstić information content (AvgIpc) is 2.53. The first kappa shape index (κ1) is 16.1. The molecular formula is C15H18ClN5O. The molecule has 0 spiro atoms. The van der Waals surface area contributed by atoms with Crippen LogP contribution in [-0.2, 0) is 13.2 Å². The molecule has 0 fully saturated rings. The van der Waals surface area contributed by atoms with E-state index in [1.807, 2.05) is 36.4 Å². The van der Waals surface area contributed by atoms with Crippen LogP contribution in [0.5, 0.6) is 5.75 Å². The van der Waals surface area contributed by atoms with Crippen molar-refractivity contribution in [3.05, 3.63) is 64.7 Å². The van der Waals surface area contributed by atoms with Gasteiger partial charge in [-0.2, -0.15) is 5.53 Å². The highest BCUT2D eigenvalue weighted by molar-refractivity contribution is 6.30. The third-order valence-electron chi connectivity index (χ3n) is 2.88. The fourth-order valence-electron chi connectivity index (χ4n) is 1.83. The number of benzene rings is 2. The van der Waals surface area contributed by atoms with Gasteiger partial charge in [-0.05, 0) is 23.8 Å². The van der Waals surface area contributed by atoms with E-state index in [4.69, 9.17) is 27.9 Å². The average molecular weight is 320 g/mol. The van der Waals surface area contributed by atoms with Gasteiger partial charge in [-0.3, -0.25) is 11.3 Å². The highest BCUT2D eigenvalue weighted by atomic mass is 35.5. The summed E-state index contributed by atoms with van der Waals surface area (Å²) in [6.07, 6.45) is 0. The first-order valence-corrected chi connectivity index (χ1v) is 7.03. The van der Waals surface area contributed by atoms with Crippen molar-refractivity contribution in [1.29, 1.82) is 0 Å². The van der Waals surface area contributed by atoms with Crippen LogP contribution < -0.4 is 27.3 Å². The number of nitrogens with two attached hydrogens (primary N) is 2. The quantitative estimate of drug-likeness (QED) is 0.281. The zero-order valence-electron chi connectivity index (χ0n) is 11.9. The van der Waals surface area contributed by atoms with Crippen molar-refractivity contribution in [3.8, 4) is 5.75 Å². The molecule has 2 aromatic rings. The molecule has 0 amide bonds. The molecule has 116 valence electrons. The number of aliphatic imine (C=N–C) groups is 1. The Kier molecular flexibility index (Phi) is 6.02. The van der Waals surface area contributed by atoms with Gasteiger partial charge in [-0.25, -0.2) is 4.99 Å². The Hall–Kier alpha value is -2.28. The van der Waals surface area contributed by atoms with Crippen LogP contribution in [0.15, 0.2) is 53.5 Å². The van der Waals surface area contributed by atoms with Crippen LogP contribution in [-0.4, -0.2) is 5.96 Å². The van der Waals surface area contributed by atoms with Gasteiger partial charge < -0.3 is 10.5 Å². The van der Waals surface area contributed by atoms with Crippen molar-refractivity contribution in [3.63, 3.8) is 0 Å². The molecule has 2 rings (SSSR count). The molecule has 22 heavy (non-hydrogen) atoms. The lowest BCUT2D eigenvalue weighted by molar-refractivity contribution is 0.303. The van der Waals surface area contributed by atoms with Crippen LogP contribution in [0, 0.1) is 0 Å². The van der Waals surface area contributed by atoms with E-state index >= 15 is 0 Å². The van der Waals surface area contributed by atoms with Crippen molar-refractivity contribution >= 4 is 17.6 Å². The fourth-order valence-corrected chi connectivity index (χ4v) is 2.03. The molecule has 6 nitrogen and oxygen atoms in total. The van der Waals surface area contributed by atoms with E-state index in [-0.39, 0.29) is 5.96 Å². The number of hydrogen-bond donors (Lipinski definition) is 4. The second-order valence-electron chi connectivity index (χ2n) is 4.50. The summed E-state index contributed by atoms with van der Waals surface area (Å²) in [4.78, 5) is 4.14. The molecule has 0 unspecified atom stereocenters. The number of nitrogens with zero attached hydrogens (tertiary/aromatic N) is 1. The van der Waals surface area contributed by atoms with Gasteiger partial charge in [0.2, 0.25) is 5.96 Å². The molecule has 2 aromatic carbocycles. The van der Waals surface area contributed by atoms with Crippen molar-refractivity contribution in [2.24, 2.45) is 16.6 Å². The van der Waals surface area contributed by atoms with E-state index < -0.39 is 0 Å². The molecule has 0 radical (unpaired) electrons. The Balaban J connectivity index is 2.08. The number of nitrogens with one attached hydrogen (secondary N) is 2. The minimum Gasteiger partial charge on any atom is -0.489 e. The van der Waals surface area contributed by atoms with Crippen LogP contribution in [0.4, 0.5) is 0 Å². The molecule has 0 aliphatic carbocycles. The third kappa shape index (κ3) is 4.92. The van der Waals surface area contributed by atoms with Gasteiger partial charge in [0.15, 0.2) is 0 Å². The molecular weight excluding hydrogens is 302 g/mol. The smallest absolute Gasteiger partial charge is 0.204 e. The minimum absolute atomic E-state index is 0.177. The normalized spacial score (nSPS) is 11.3. The van der Waals surface area contributed by atoms with Crippen molar-refractivity contribution in [1.82, 2.24) is 11.0 Å². The number of ether oxygens (including phenoxy) is 1. The minimum atomic E-state index is 0.177. The molecule has 7 heteroatoms. The van der Waals surface area contributed by atoms with Crippen LogP contribution in [0.25, 0.3) is 0 Å². The van der Waals surface area contributed by atoms with E-state index in [9.17, 15) is 0 Å². The molecule has 0 aliphatic rings. The predicted octanol–water partition coefficient (Wildman–Crippen LogP) is 1.70. The summed E-state index contributed by atoms with van der Waals surface area (Å²) < 4.78 is 5.84. The standard InChI is InChI=1S/C15H18ClN5O/c16-13-6-7-14(22-10-11-4-2-1-3-5-11)12(8-13)9-19-15(17)20-21-18/h1-8,21H,9-10,18H2,(H3,17,19,20). The predicted molar refractivity (Wildman–Crippen MR) is 88.0 cm³/mol. The van der Waals surface area contributed by atoms with E-state index in [0.717, 1.165) is 11.1 Å². The second kappa shape index (κ2) is 8.23. The first-order chi connectivity index (χ1) is 10.7. The van der Waals surface area contributed by atoms with Crippen LogP contribution in [0.3, 0.4) is 0 Å². The Morgan fingerprint density at radius 3 is 2.68 bits per heavy atom. The highest BCUT2D eigenvalue weighted by Crippen LogP contribution is 2.24. The summed E-state index contributed by atoms with van der Waals surface area (Å²) in [6.45, 7) is 0.794. The van der Waals surface area contributed by atoms with E-state index in [0.29, 0.717) is 23.9 Å². The molecule has 0 bridgehead atoms. The molecule has 0 heterocycles. The lowest BCUT2D eigenvalue weighted by Crippen LogP contribution is -2.46. The van der Waals surface area contributed by atoms with Crippen LogP contribution >= 0.6 is 11.6 Å². The lowest BCUT2D eigenvalue weighted by atomic mass is 10.2. The maximum Gasteiger partial charge on any atom is 0.204 e. The Morgan fingerprint density at radius 2 is 1.95 bits per heavy atom. The van der Waals surface area contributed by atoms with Crippen molar-refractivity contribution in [2.45, 2.75) is 13.2 Å². The third-order valence-corrected chi connectivity index (χ3v) is 3.11. The fraction of sp³-hybridized carbons (Fsp3) is 0.133. The van der Waals surface area contributed by atoms with Crippen LogP contribution in [0.1, 0.15) is 11.1 Å². The zero-order valence-corrected chi connectivity index (χ0v) is 12.7.